The van der Waals surface area contributed by atoms with Gasteiger partial charge in [0.2, 0.25) is 5.91 Å². The third-order valence-electron chi connectivity index (χ3n) is 5.19. The van der Waals surface area contributed by atoms with E-state index in [1.54, 1.807) is 14.0 Å². The number of hydrazine groups is 1. The topological polar surface area (TPSA) is 146 Å². The van der Waals surface area contributed by atoms with E-state index < -0.39 is 5.97 Å². The zero-order valence-electron chi connectivity index (χ0n) is 20.5. The molecule has 0 saturated heterocycles. The number of rotatable bonds is 23. The largest absolute Gasteiger partial charge is 0.481 e. The van der Waals surface area contributed by atoms with Gasteiger partial charge < -0.3 is 28.8 Å². The molecule has 0 aromatic rings. The Kier molecular flexibility index (Phi) is 20.0. The van der Waals surface area contributed by atoms with E-state index in [-0.39, 0.29) is 36.4 Å². The molecule has 10 heteroatoms. The van der Waals surface area contributed by atoms with Crippen molar-refractivity contribution in [1.29, 1.82) is 0 Å². The van der Waals surface area contributed by atoms with Gasteiger partial charge in [-0.1, -0.05) is 6.92 Å². The van der Waals surface area contributed by atoms with Crippen LogP contribution in [0, 0.1) is 0 Å². The normalized spacial score (nSPS) is 13.9. The van der Waals surface area contributed by atoms with Crippen LogP contribution in [0.3, 0.4) is 0 Å². The Balaban J connectivity index is 4.74. The molecule has 0 aliphatic rings. The van der Waals surface area contributed by atoms with Gasteiger partial charge in [-0.15, -0.1) is 0 Å². The first-order valence-corrected chi connectivity index (χ1v) is 11.9. The van der Waals surface area contributed by atoms with Crippen LogP contribution in [-0.2, 0) is 33.3 Å². The van der Waals surface area contributed by atoms with Crippen LogP contribution in [0.2, 0.25) is 0 Å². The third kappa shape index (κ3) is 19.6. The van der Waals surface area contributed by atoms with Crippen LogP contribution in [0.5, 0.6) is 0 Å². The average molecular weight is 477 g/mol. The Labute approximate surface area is 197 Å². The second kappa shape index (κ2) is 21.0. The number of carboxylic acid groups (broad SMARTS) is 1. The quantitative estimate of drug-likeness (QED) is 0.0875. The minimum absolute atomic E-state index is 0.00111. The molecule has 4 N–H and O–H groups in total. The van der Waals surface area contributed by atoms with Crippen molar-refractivity contribution < 1.29 is 38.4 Å². The van der Waals surface area contributed by atoms with Crippen LogP contribution in [0.15, 0.2) is 0 Å². The van der Waals surface area contributed by atoms with Crippen molar-refractivity contribution in [3.63, 3.8) is 0 Å². The number of amides is 1. The lowest BCUT2D eigenvalue weighted by atomic mass is 10.1. The molecule has 0 fully saturated rings. The zero-order chi connectivity index (χ0) is 24.9. The number of carbonyl (C=O) groups is 3. The van der Waals surface area contributed by atoms with Gasteiger partial charge in [0.1, 0.15) is 5.78 Å². The maximum absolute atomic E-state index is 11.3. The van der Waals surface area contributed by atoms with Gasteiger partial charge in [0, 0.05) is 26.4 Å². The van der Waals surface area contributed by atoms with E-state index in [1.807, 2.05) is 6.92 Å². The van der Waals surface area contributed by atoms with Crippen LogP contribution in [0.25, 0.3) is 0 Å². The minimum atomic E-state index is -0.836. The number of carbonyl (C=O) groups excluding carboxylic acids is 2. The molecule has 194 valence electrons. The standard InChI is InChI=1S/C23H44N2O8/c1-4-19(9-6-12-22(27)25-24)32-17-21(10-5-8-18(2)26)33-16-20(31-15-14-30-3)11-7-13-23(28)29/h19-21H,4-17,24H2,1-3H3,(H,25,27)(H,28,29). The van der Waals surface area contributed by atoms with Crippen LogP contribution in [0.1, 0.15) is 78.1 Å². The number of methoxy groups -OCH3 is 1. The van der Waals surface area contributed by atoms with Crippen LogP contribution >= 0.6 is 0 Å². The van der Waals surface area contributed by atoms with Gasteiger partial charge in [-0.2, -0.15) is 0 Å². The molecule has 0 spiro atoms. The van der Waals surface area contributed by atoms with Crippen LogP contribution < -0.4 is 11.3 Å². The number of ether oxygens (including phenoxy) is 4. The molecule has 0 bridgehead atoms. The van der Waals surface area contributed by atoms with Gasteiger partial charge in [0.15, 0.2) is 0 Å². The summed E-state index contributed by atoms with van der Waals surface area (Å²) < 4.78 is 23.0. The molecule has 33 heavy (non-hydrogen) atoms. The van der Waals surface area contributed by atoms with Gasteiger partial charge in [0.05, 0.1) is 44.7 Å². The SMILES string of the molecule is CCC(CCCC(=O)NN)OCC(CCCC(C)=O)OCC(CCCC(=O)O)OCCOC. The highest BCUT2D eigenvalue weighted by atomic mass is 16.6. The molecule has 0 radical (unpaired) electrons. The first-order chi connectivity index (χ1) is 15.8. The Bertz CT molecular complexity index is 533. The maximum Gasteiger partial charge on any atom is 0.303 e. The van der Waals surface area contributed by atoms with Crippen LogP contribution in [-0.4, -0.2) is 74.6 Å². The lowest BCUT2D eigenvalue weighted by Gasteiger charge is -2.25. The smallest absolute Gasteiger partial charge is 0.303 e. The summed E-state index contributed by atoms with van der Waals surface area (Å²) in [6, 6.07) is 0. The molecule has 0 aliphatic carbocycles. The first-order valence-electron chi connectivity index (χ1n) is 11.9. The van der Waals surface area contributed by atoms with Crippen molar-refractivity contribution in [2.75, 3.05) is 33.5 Å². The molecule has 0 aromatic heterocycles. The number of nitrogens with two attached hydrogens (primary N) is 1. The van der Waals surface area contributed by atoms with Crippen molar-refractivity contribution in [2.45, 2.75) is 96.4 Å². The summed E-state index contributed by atoms with van der Waals surface area (Å²) in [5, 5.41) is 8.89. The summed E-state index contributed by atoms with van der Waals surface area (Å²) in [7, 11) is 1.59. The molecule has 1 amide bonds. The summed E-state index contributed by atoms with van der Waals surface area (Å²) >= 11 is 0. The van der Waals surface area contributed by atoms with E-state index in [0.717, 1.165) is 12.8 Å². The Morgan fingerprint density at radius 3 is 1.94 bits per heavy atom. The summed E-state index contributed by atoms with van der Waals surface area (Å²) in [6.45, 7) is 5.13. The van der Waals surface area contributed by atoms with E-state index in [4.69, 9.17) is 29.9 Å². The number of Topliss-reactive ketones (excluding diaryl/α,β-unsaturated/α-hetero) is 1. The summed E-state index contributed by atoms with van der Waals surface area (Å²) in [6.07, 6.45) is 5.12. The molecule has 3 atom stereocenters. The van der Waals surface area contributed by atoms with E-state index in [1.165, 1.54) is 0 Å². The van der Waals surface area contributed by atoms with Crippen molar-refractivity contribution in [2.24, 2.45) is 5.84 Å². The molecule has 0 saturated carbocycles. The number of carboxylic acids is 1. The van der Waals surface area contributed by atoms with E-state index in [9.17, 15) is 14.4 Å². The number of ketones is 1. The van der Waals surface area contributed by atoms with E-state index in [2.05, 4.69) is 5.43 Å². The fourth-order valence-electron chi connectivity index (χ4n) is 3.24. The maximum atomic E-state index is 11.3. The molecule has 0 aliphatic heterocycles. The number of hydrogen-bond donors (Lipinski definition) is 3. The highest BCUT2D eigenvalue weighted by Crippen LogP contribution is 2.15. The van der Waals surface area contributed by atoms with Gasteiger partial charge in [-0.05, 0) is 51.9 Å². The molecule has 3 unspecified atom stereocenters. The highest BCUT2D eigenvalue weighted by Gasteiger charge is 2.18. The number of nitrogens with one attached hydrogen (secondary N) is 1. The second-order valence-corrected chi connectivity index (χ2v) is 8.14. The molecule has 0 heterocycles. The van der Waals surface area contributed by atoms with Crippen LogP contribution in [0.4, 0.5) is 0 Å². The van der Waals surface area contributed by atoms with Gasteiger partial charge >= 0.3 is 5.97 Å². The molecule has 0 aromatic carbocycles. The predicted molar refractivity (Wildman–Crippen MR) is 124 cm³/mol. The van der Waals surface area contributed by atoms with Crippen molar-refractivity contribution >= 4 is 17.7 Å². The fraction of sp³-hybridized carbons (Fsp3) is 0.870. The third-order valence-corrected chi connectivity index (χ3v) is 5.19. The Hall–Kier alpha value is -1.59. The highest BCUT2D eigenvalue weighted by molar-refractivity contribution is 5.75. The van der Waals surface area contributed by atoms with Gasteiger partial charge in [-0.3, -0.25) is 15.0 Å². The molecular weight excluding hydrogens is 432 g/mol. The summed E-state index contributed by atoms with van der Waals surface area (Å²) in [5.41, 5.74) is 2.13. The molecule has 0 rings (SSSR count). The molecule has 10 nitrogen and oxygen atoms in total. The van der Waals surface area contributed by atoms with E-state index in [0.29, 0.717) is 71.4 Å². The number of aliphatic carboxylic acids is 1. The predicted octanol–water partition coefficient (Wildman–Crippen LogP) is 2.37. The number of hydrogen-bond acceptors (Lipinski definition) is 8. The molecular formula is C23H44N2O8. The van der Waals surface area contributed by atoms with Gasteiger partial charge in [0.25, 0.3) is 0 Å². The average Bonchev–Trinajstić information content (AvgIpc) is 2.77. The zero-order valence-corrected chi connectivity index (χ0v) is 20.5. The fourth-order valence-corrected chi connectivity index (χ4v) is 3.24. The first kappa shape index (κ1) is 31.4. The summed E-state index contributed by atoms with van der Waals surface area (Å²) in [5.74, 6) is 4.21. The second-order valence-electron chi connectivity index (χ2n) is 8.14. The summed E-state index contributed by atoms with van der Waals surface area (Å²) in [4.78, 5) is 33.5. The van der Waals surface area contributed by atoms with Crippen molar-refractivity contribution in [1.82, 2.24) is 5.43 Å². The monoisotopic (exact) mass is 476 g/mol. The minimum Gasteiger partial charge on any atom is -0.481 e. The Morgan fingerprint density at radius 2 is 1.39 bits per heavy atom. The van der Waals surface area contributed by atoms with Crippen molar-refractivity contribution in [3.05, 3.63) is 0 Å². The van der Waals surface area contributed by atoms with E-state index >= 15 is 0 Å². The van der Waals surface area contributed by atoms with Gasteiger partial charge in [-0.25, -0.2) is 5.84 Å². The van der Waals surface area contributed by atoms with Crippen molar-refractivity contribution in [3.8, 4) is 0 Å². The lowest BCUT2D eigenvalue weighted by Crippen LogP contribution is -2.31. The lowest BCUT2D eigenvalue weighted by molar-refractivity contribution is -0.137. The Morgan fingerprint density at radius 1 is 0.848 bits per heavy atom.